The predicted molar refractivity (Wildman–Crippen MR) is 128 cm³/mol. The molecule has 0 N–H and O–H groups in total. The van der Waals surface area contributed by atoms with Crippen LogP contribution in [0.15, 0.2) is 40.6 Å². The van der Waals surface area contributed by atoms with E-state index in [9.17, 15) is 8.42 Å². The summed E-state index contributed by atoms with van der Waals surface area (Å²) in [6.45, 7) is 8.35. The van der Waals surface area contributed by atoms with Gasteiger partial charge in [-0.15, -0.1) is 22.7 Å². The van der Waals surface area contributed by atoms with Crippen LogP contribution in [0.25, 0.3) is 9.88 Å². The van der Waals surface area contributed by atoms with E-state index in [2.05, 4.69) is 29.1 Å². The molecular formula is C22H27N3O3S3. The number of sulfonamides is 1. The van der Waals surface area contributed by atoms with Gasteiger partial charge in [-0.25, -0.2) is 13.4 Å². The van der Waals surface area contributed by atoms with E-state index in [-0.39, 0.29) is 0 Å². The summed E-state index contributed by atoms with van der Waals surface area (Å²) in [4.78, 5) is 9.04. The Hall–Kier alpha value is -1.94. The van der Waals surface area contributed by atoms with Gasteiger partial charge in [0.2, 0.25) is 10.0 Å². The molecule has 3 heterocycles. The first-order valence-corrected chi connectivity index (χ1v) is 13.4. The lowest BCUT2D eigenvalue weighted by atomic mass is 10.2. The number of nitrogens with zero attached hydrogens (tertiary/aromatic N) is 3. The van der Waals surface area contributed by atoms with Crippen molar-refractivity contribution in [2.45, 2.75) is 31.6 Å². The lowest BCUT2D eigenvalue weighted by Gasteiger charge is -2.35. The number of aromatic nitrogens is 1. The van der Waals surface area contributed by atoms with Crippen molar-refractivity contribution in [3.63, 3.8) is 0 Å². The zero-order valence-corrected chi connectivity index (χ0v) is 20.6. The quantitative estimate of drug-likeness (QED) is 0.509. The number of thiophene rings is 1. The highest BCUT2D eigenvalue weighted by molar-refractivity contribution is 7.89. The van der Waals surface area contributed by atoms with Crippen molar-refractivity contribution in [1.82, 2.24) is 9.29 Å². The van der Waals surface area contributed by atoms with Gasteiger partial charge in [0, 0.05) is 42.1 Å². The largest absolute Gasteiger partial charge is 0.497 e. The molecule has 0 aliphatic carbocycles. The van der Waals surface area contributed by atoms with Gasteiger partial charge >= 0.3 is 0 Å². The summed E-state index contributed by atoms with van der Waals surface area (Å²) in [6, 6.07) is 9.68. The Labute approximate surface area is 192 Å². The predicted octanol–water partition coefficient (Wildman–Crippen LogP) is 4.82. The average molecular weight is 478 g/mol. The summed E-state index contributed by atoms with van der Waals surface area (Å²) < 4.78 is 33.6. The molecule has 9 heteroatoms. The highest BCUT2D eigenvalue weighted by Crippen LogP contribution is 2.37. The van der Waals surface area contributed by atoms with Crippen LogP contribution in [0, 0.1) is 6.92 Å². The van der Waals surface area contributed by atoms with Gasteiger partial charge in [0.25, 0.3) is 0 Å². The van der Waals surface area contributed by atoms with Crippen molar-refractivity contribution in [3.8, 4) is 15.6 Å². The molecule has 6 nitrogen and oxygen atoms in total. The second-order valence-corrected chi connectivity index (χ2v) is 11.9. The molecule has 0 atom stereocenters. The minimum Gasteiger partial charge on any atom is -0.497 e. The molecule has 0 radical (unpaired) electrons. The Kier molecular flexibility index (Phi) is 6.39. The number of benzene rings is 1. The minimum atomic E-state index is -3.53. The van der Waals surface area contributed by atoms with Crippen molar-refractivity contribution >= 4 is 38.4 Å². The number of piperazine rings is 1. The van der Waals surface area contributed by atoms with Crippen LogP contribution in [0.4, 0.5) is 5.69 Å². The third-order valence-corrected chi connectivity index (χ3v) is 9.72. The Bertz CT molecular complexity index is 1140. The SMILES string of the molecule is COc1ccc(N2CCN(S(=O)(=O)c3cc(-c4nc(C(C)C)cs4)sc3C)CC2)cc1. The molecule has 4 rings (SSSR count). The number of methoxy groups -OCH3 is 1. The zero-order chi connectivity index (χ0) is 22.2. The van der Waals surface area contributed by atoms with E-state index in [4.69, 9.17) is 4.74 Å². The molecule has 0 bridgehead atoms. The normalized spacial score (nSPS) is 15.6. The number of ether oxygens (including phenoxy) is 1. The first kappa shape index (κ1) is 22.3. The molecule has 1 aliphatic heterocycles. The van der Waals surface area contributed by atoms with Gasteiger partial charge in [0.15, 0.2) is 0 Å². The molecule has 1 aliphatic rings. The van der Waals surface area contributed by atoms with Crippen LogP contribution < -0.4 is 9.64 Å². The van der Waals surface area contributed by atoms with E-state index in [0.29, 0.717) is 37.0 Å². The van der Waals surface area contributed by atoms with Gasteiger partial charge in [0.1, 0.15) is 10.8 Å². The summed E-state index contributed by atoms with van der Waals surface area (Å²) in [7, 11) is -1.88. The summed E-state index contributed by atoms with van der Waals surface area (Å²) in [5.41, 5.74) is 2.13. The monoisotopic (exact) mass is 477 g/mol. The van der Waals surface area contributed by atoms with Crippen LogP contribution >= 0.6 is 22.7 Å². The van der Waals surface area contributed by atoms with E-state index < -0.39 is 10.0 Å². The van der Waals surface area contributed by atoms with Crippen LogP contribution in [0.5, 0.6) is 5.75 Å². The maximum Gasteiger partial charge on any atom is 0.244 e. The fourth-order valence-corrected chi connectivity index (χ4v) is 7.64. The fraction of sp³-hybridized carbons (Fsp3) is 0.409. The third kappa shape index (κ3) is 4.50. The molecular weight excluding hydrogens is 450 g/mol. The van der Waals surface area contributed by atoms with E-state index in [0.717, 1.165) is 31.9 Å². The first-order valence-electron chi connectivity index (χ1n) is 10.2. The summed E-state index contributed by atoms with van der Waals surface area (Å²) in [5, 5.41) is 2.95. The lowest BCUT2D eigenvalue weighted by molar-refractivity contribution is 0.384. The van der Waals surface area contributed by atoms with E-state index in [1.807, 2.05) is 31.2 Å². The third-order valence-electron chi connectivity index (χ3n) is 5.49. The van der Waals surface area contributed by atoms with E-state index >= 15 is 0 Å². The molecule has 0 saturated carbocycles. The van der Waals surface area contributed by atoms with Crippen molar-refractivity contribution < 1.29 is 13.2 Å². The second kappa shape index (κ2) is 8.90. The van der Waals surface area contributed by atoms with Crippen molar-refractivity contribution in [2.75, 3.05) is 38.2 Å². The number of hydrogen-bond acceptors (Lipinski definition) is 7. The molecule has 166 valence electrons. The maximum absolute atomic E-state index is 13.4. The Morgan fingerprint density at radius 2 is 1.77 bits per heavy atom. The first-order chi connectivity index (χ1) is 14.8. The summed E-state index contributed by atoms with van der Waals surface area (Å²) in [5.74, 6) is 1.17. The molecule has 0 amide bonds. The Morgan fingerprint density at radius 1 is 1.10 bits per heavy atom. The standard InChI is InChI=1S/C22H27N3O3S3/c1-15(2)19-14-29-22(23-19)20-13-21(16(3)30-20)31(26,27)25-11-9-24(10-12-25)17-5-7-18(28-4)8-6-17/h5-8,13-15H,9-12H2,1-4H3. The highest BCUT2D eigenvalue weighted by atomic mass is 32.2. The van der Waals surface area contributed by atoms with E-state index in [1.54, 1.807) is 28.8 Å². The molecule has 1 saturated heterocycles. The van der Waals surface area contributed by atoms with Crippen LogP contribution in [0.2, 0.25) is 0 Å². The number of aryl methyl sites for hydroxylation is 1. The van der Waals surface area contributed by atoms with Crippen molar-refractivity contribution in [3.05, 3.63) is 46.3 Å². The Balaban J connectivity index is 1.49. The highest BCUT2D eigenvalue weighted by Gasteiger charge is 2.31. The summed E-state index contributed by atoms with van der Waals surface area (Å²) >= 11 is 3.08. The van der Waals surface area contributed by atoms with Gasteiger partial charge in [-0.05, 0) is 43.2 Å². The number of hydrogen-bond donors (Lipinski definition) is 0. The van der Waals surface area contributed by atoms with Crippen LogP contribution in [0.3, 0.4) is 0 Å². The molecule has 31 heavy (non-hydrogen) atoms. The zero-order valence-electron chi connectivity index (χ0n) is 18.2. The smallest absolute Gasteiger partial charge is 0.244 e. The van der Waals surface area contributed by atoms with Crippen LogP contribution in [0.1, 0.15) is 30.3 Å². The molecule has 0 spiro atoms. The maximum atomic E-state index is 13.4. The number of rotatable bonds is 6. The lowest BCUT2D eigenvalue weighted by Crippen LogP contribution is -2.48. The summed E-state index contributed by atoms with van der Waals surface area (Å²) in [6.07, 6.45) is 0. The number of anilines is 1. The molecule has 0 unspecified atom stereocenters. The number of thiazole rings is 1. The molecule has 3 aromatic rings. The van der Waals surface area contributed by atoms with Gasteiger partial charge in [-0.2, -0.15) is 4.31 Å². The topological polar surface area (TPSA) is 62.7 Å². The van der Waals surface area contributed by atoms with Gasteiger partial charge in [-0.1, -0.05) is 13.8 Å². The molecule has 2 aromatic heterocycles. The Morgan fingerprint density at radius 3 is 2.35 bits per heavy atom. The van der Waals surface area contributed by atoms with Gasteiger partial charge in [-0.3, -0.25) is 0 Å². The molecule has 1 fully saturated rings. The molecule has 1 aromatic carbocycles. The average Bonchev–Trinajstić information content (AvgIpc) is 3.41. The fourth-order valence-electron chi connectivity index (χ4n) is 3.61. The van der Waals surface area contributed by atoms with Crippen molar-refractivity contribution in [1.29, 1.82) is 0 Å². The van der Waals surface area contributed by atoms with Crippen molar-refractivity contribution in [2.24, 2.45) is 0 Å². The van der Waals surface area contributed by atoms with E-state index in [1.165, 1.54) is 11.3 Å². The minimum absolute atomic E-state index is 0.358. The van der Waals surface area contributed by atoms with Crippen LogP contribution in [-0.4, -0.2) is 51.0 Å². The van der Waals surface area contributed by atoms with Gasteiger partial charge < -0.3 is 9.64 Å². The second-order valence-electron chi connectivity index (χ2n) is 7.85. The van der Waals surface area contributed by atoms with Gasteiger partial charge in [0.05, 0.1) is 22.6 Å². The van der Waals surface area contributed by atoms with Crippen LogP contribution in [-0.2, 0) is 10.0 Å².